The van der Waals surface area contributed by atoms with Gasteiger partial charge in [-0.25, -0.2) is 9.66 Å². The molecule has 3 aromatic rings. The molecule has 0 bridgehead atoms. The van der Waals surface area contributed by atoms with Crippen LogP contribution in [0.1, 0.15) is 22.4 Å². The van der Waals surface area contributed by atoms with Crippen LogP contribution in [0, 0.1) is 25.2 Å². The first-order valence-electron chi connectivity index (χ1n) is 7.24. The van der Waals surface area contributed by atoms with Crippen LogP contribution < -0.4 is 5.56 Å². The van der Waals surface area contributed by atoms with Gasteiger partial charge in [0, 0.05) is 16.6 Å². The fraction of sp³-hybridized carbons (Fsp3) is 0.111. The maximum absolute atomic E-state index is 12.3. The van der Waals surface area contributed by atoms with Gasteiger partial charge in [-0.2, -0.15) is 10.4 Å². The van der Waals surface area contributed by atoms with Crippen LogP contribution >= 0.6 is 11.6 Å². The summed E-state index contributed by atoms with van der Waals surface area (Å²) in [5.74, 6) is 0. The van der Waals surface area contributed by atoms with E-state index in [1.54, 1.807) is 19.9 Å². The molecule has 2 heterocycles. The van der Waals surface area contributed by atoms with Gasteiger partial charge >= 0.3 is 0 Å². The number of aromatic nitrogens is 2. The molecule has 0 fully saturated rings. The van der Waals surface area contributed by atoms with Crippen molar-refractivity contribution in [2.75, 3.05) is 0 Å². The van der Waals surface area contributed by atoms with Gasteiger partial charge in [0.2, 0.25) is 0 Å². The highest BCUT2D eigenvalue weighted by molar-refractivity contribution is 6.32. The maximum Gasteiger partial charge on any atom is 0.289 e. The predicted octanol–water partition coefficient (Wildman–Crippen LogP) is 3.42. The van der Waals surface area contributed by atoms with Crippen LogP contribution in [-0.2, 0) is 0 Å². The van der Waals surface area contributed by atoms with E-state index in [1.807, 2.05) is 36.4 Å². The highest BCUT2D eigenvalue weighted by Crippen LogP contribution is 2.19. The van der Waals surface area contributed by atoms with E-state index in [1.165, 1.54) is 10.9 Å². The first-order valence-corrected chi connectivity index (χ1v) is 7.62. The molecule has 0 radical (unpaired) electrons. The molecule has 3 rings (SSSR count). The van der Waals surface area contributed by atoms with Crippen LogP contribution in [0.25, 0.3) is 10.9 Å². The third kappa shape index (κ3) is 2.80. The van der Waals surface area contributed by atoms with Crippen LogP contribution in [0.3, 0.4) is 0 Å². The Morgan fingerprint density at radius 3 is 2.79 bits per heavy atom. The molecule has 0 amide bonds. The number of hydrogen-bond acceptors (Lipinski definition) is 4. The Balaban J connectivity index is 2.11. The molecule has 0 spiro atoms. The minimum absolute atomic E-state index is 0.0838. The summed E-state index contributed by atoms with van der Waals surface area (Å²) in [6.45, 7) is 3.48. The predicted molar refractivity (Wildman–Crippen MR) is 94.6 cm³/mol. The van der Waals surface area contributed by atoms with E-state index in [0.717, 1.165) is 10.9 Å². The monoisotopic (exact) mass is 336 g/mol. The molecule has 5 nitrogen and oxygen atoms in total. The third-order valence-corrected chi connectivity index (χ3v) is 3.99. The van der Waals surface area contributed by atoms with Crippen LogP contribution in [-0.4, -0.2) is 15.9 Å². The zero-order chi connectivity index (χ0) is 17.3. The summed E-state index contributed by atoms with van der Waals surface area (Å²) in [4.78, 5) is 16.7. The summed E-state index contributed by atoms with van der Waals surface area (Å²) in [7, 11) is 0. The van der Waals surface area contributed by atoms with Crippen LogP contribution in [0.4, 0.5) is 0 Å². The van der Waals surface area contributed by atoms with Crippen molar-refractivity contribution in [2.45, 2.75) is 13.8 Å². The smallest absolute Gasteiger partial charge is 0.266 e. The van der Waals surface area contributed by atoms with Gasteiger partial charge in [0.05, 0.1) is 11.7 Å². The Labute approximate surface area is 143 Å². The van der Waals surface area contributed by atoms with Gasteiger partial charge < -0.3 is 0 Å². The number of nitrogens with zero attached hydrogens (tertiary/aromatic N) is 4. The van der Waals surface area contributed by atoms with Crippen molar-refractivity contribution in [2.24, 2.45) is 5.10 Å². The summed E-state index contributed by atoms with van der Waals surface area (Å²) in [5.41, 5.74) is 2.29. The van der Waals surface area contributed by atoms with E-state index >= 15 is 0 Å². The average molecular weight is 337 g/mol. The second kappa shape index (κ2) is 6.26. The second-order valence-electron chi connectivity index (χ2n) is 5.38. The molecule has 24 heavy (non-hydrogen) atoms. The highest BCUT2D eigenvalue weighted by atomic mass is 35.5. The van der Waals surface area contributed by atoms with Crippen molar-refractivity contribution in [1.82, 2.24) is 9.66 Å². The van der Waals surface area contributed by atoms with Gasteiger partial charge in [-0.15, -0.1) is 0 Å². The molecule has 0 unspecified atom stereocenters. The van der Waals surface area contributed by atoms with E-state index in [9.17, 15) is 4.79 Å². The lowest BCUT2D eigenvalue weighted by atomic mass is 10.1. The molecule has 2 aromatic heterocycles. The summed E-state index contributed by atoms with van der Waals surface area (Å²) in [6.07, 6.45) is 1.48. The number of aryl methyl sites for hydroxylation is 2. The Bertz CT molecular complexity index is 1080. The van der Waals surface area contributed by atoms with E-state index in [0.29, 0.717) is 22.0 Å². The number of rotatable bonds is 2. The molecular formula is C18H13ClN4O. The molecule has 0 aliphatic rings. The van der Waals surface area contributed by atoms with Gasteiger partial charge in [-0.1, -0.05) is 29.8 Å². The average Bonchev–Trinajstić information content (AvgIpc) is 2.55. The lowest BCUT2D eigenvalue weighted by Gasteiger charge is -2.06. The molecule has 0 aliphatic carbocycles. The number of nitriles is 1. The quantitative estimate of drug-likeness (QED) is 0.531. The van der Waals surface area contributed by atoms with Gasteiger partial charge in [0.25, 0.3) is 5.56 Å². The Morgan fingerprint density at radius 1 is 1.29 bits per heavy atom. The number of halogens is 1. The normalized spacial score (nSPS) is 11.1. The van der Waals surface area contributed by atoms with Crippen LogP contribution in [0.2, 0.25) is 5.15 Å². The Morgan fingerprint density at radius 2 is 2.04 bits per heavy atom. The minimum atomic E-state index is -0.448. The van der Waals surface area contributed by atoms with E-state index in [-0.39, 0.29) is 5.56 Å². The molecule has 0 aliphatic heterocycles. The fourth-order valence-corrected chi connectivity index (χ4v) is 2.67. The van der Waals surface area contributed by atoms with Gasteiger partial charge in [0.15, 0.2) is 0 Å². The minimum Gasteiger partial charge on any atom is -0.266 e. The van der Waals surface area contributed by atoms with Crippen molar-refractivity contribution >= 4 is 28.7 Å². The Kier molecular flexibility index (Phi) is 4.15. The summed E-state index contributed by atoms with van der Waals surface area (Å²) >= 11 is 6.19. The molecule has 0 atom stereocenters. The maximum atomic E-state index is 12.3. The van der Waals surface area contributed by atoms with Gasteiger partial charge in [-0.05, 0) is 37.6 Å². The van der Waals surface area contributed by atoms with E-state index in [2.05, 4.69) is 10.1 Å². The summed E-state index contributed by atoms with van der Waals surface area (Å²) < 4.78 is 1.19. The SMILES string of the molecule is Cc1cc(C)n(/N=C/c2cc3ccccc3nc2Cl)c(=O)c1C#N. The number of hydrogen-bond donors (Lipinski definition) is 0. The molecule has 0 N–H and O–H groups in total. The van der Waals surface area contributed by atoms with Gasteiger partial charge in [-0.3, -0.25) is 4.79 Å². The summed E-state index contributed by atoms with van der Waals surface area (Å²) in [5, 5.41) is 14.5. The number of fused-ring (bicyclic) bond motifs is 1. The molecular weight excluding hydrogens is 324 g/mol. The zero-order valence-electron chi connectivity index (χ0n) is 13.1. The Hall–Kier alpha value is -2.97. The first-order chi connectivity index (χ1) is 11.5. The van der Waals surface area contributed by atoms with Crippen LogP contribution in [0.5, 0.6) is 0 Å². The molecule has 0 saturated carbocycles. The highest BCUT2D eigenvalue weighted by Gasteiger charge is 2.09. The lowest BCUT2D eigenvalue weighted by molar-refractivity contribution is 0.786. The third-order valence-electron chi connectivity index (χ3n) is 3.69. The number of para-hydroxylation sites is 1. The largest absolute Gasteiger partial charge is 0.289 e. The molecule has 1 aromatic carbocycles. The first kappa shape index (κ1) is 15.9. The molecule has 0 saturated heterocycles. The van der Waals surface area contributed by atoms with Gasteiger partial charge in [0.1, 0.15) is 16.8 Å². The van der Waals surface area contributed by atoms with Crippen molar-refractivity contribution in [3.8, 4) is 6.07 Å². The fourth-order valence-electron chi connectivity index (χ4n) is 2.48. The lowest BCUT2D eigenvalue weighted by Crippen LogP contribution is -2.22. The second-order valence-corrected chi connectivity index (χ2v) is 5.74. The topological polar surface area (TPSA) is 71.0 Å². The zero-order valence-corrected chi connectivity index (χ0v) is 13.9. The standard InChI is InChI=1S/C18H13ClN4O/c1-11-7-12(2)23(18(24)15(11)9-20)21-10-14-8-13-5-3-4-6-16(13)22-17(14)19/h3-8,10H,1-2H3/b21-10+. The van der Waals surface area contributed by atoms with Crippen molar-refractivity contribution in [1.29, 1.82) is 5.26 Å². The summed E-state index contributed by atoms with van der Waals surface area (Å²) in [6, 6.07) is 13.1. The van der Waals surface area contributed by atoms with E-state index < -0.39 is 5.56 Å². The van der Waals surface area contributed by atoms with Crippen molar-refractivity contribution < 1.29 is 0 Å². The molecule has 118 valence electrons. The van der Waals surface area contributed by atoms with E-state index in [4.69, 9.17) is 16.9 Å². The van der Waals surface area contributed by atoms with Crippen molar-refractivity contribution in [3.63, 3.8) is 0 Å². The number of pyridine rings is 2. The number of benzene rings is 1. The van der Waals surface area contributed by atoms with Crippen LogP contribution in [0.15, 0.2) is 46.3 Å². The molecule has 6 heteroatoms. The van der Waals surface area contributed by atoms with Crippen molar-refractivity contribution in [3.05, 3.63) is 74.3 Å².